The van der Waals surface area contributed by atoms with Crippen LogP contribution in [0.1, 0.15) is 11.6 Å². The maximum atomic E-state index is 13.1. The van der Waals surface area contributed by atoms with Crippen molar-refractivity contribution in [3.8, 4) is 11.5 Å². The van der Waals surface area contributed by atoms with Gasteiger partial charge < -0.3 is 15.2 Å². The summed E-state index contributed by atoms with van der Waals surface area (Å²) in [4.78, 5) is 0. The summed E-state index contributed by atoms with van der Waals surface area (Å²) in [7, 11) is 2.54. The molecule has 0 radical (unpaired) electrons. The summed E-state index contributed by atoms with van der Waals surface area (Å²) in [5.41, 5.74) is 4.60. The summed E-state index contributed by atoms with van der Waals surface area (Å²) < 4.78 is 72.5. The fourth-order valence-corrected chi connectivity index (χ4v) is 1.43. The molecular weight excluding hydrogens is 309 g/mol. The lowest BCUT2D eigenvalue weighted by Gasteiger charge is -2.26. The molecule has 2 N–H and O–H groups in total. The second-order valence-corrected chi connectivity index (χ2v) is 3.71. The zero-order valence-electron chi connectivity index (χ0n) is 10.5. The van der Waals surface area contributed by atoms with Crippen molar-refractivity contribution in [2.24, 2.45) is 5.73 Å². The van der Waals surface area contributed by atoms with E-state index >= 15 is 0 Å². The van der Waals surface area contributed by atoms with Gasteiger partial charge in [0.2, 0.25) is 0 Å². The Morgan fingerprint density at radius 1 is 1.00 bits per heavy atom. The largest absolute Gasteiger partial charge is 0.493 e. The normalized spacial score (nSPS) is 13.4. The fraction of sp³-hybridized carbons (Fsp3) is 0.455. The van der Waals surface area contributed by atoms with E-state index in [1.165, 1.54) is 20.3 Å². The molecule has 0 aliphatic rings. The van der Waals surface area contributed by atoms with Crippen molar-refractivity contribution in [1.29, 1.82) is 0 Å². The van der Waals surface area contributed by atoms with E-state index in [0.29, 0.717) is 0 Å². The number of hydrogen-bond donors (Lipinski definition) is 1. The second-order valence-electron chi connectivity index (χ2n) is 3.71. The quantitative estimate of drug-likeness (QED) is 0.865. The van der Waals surface area contributed by atoms with E-state index in [2.05, 4.69) is 0 Å². The molecule has 0 saturated heterocycles. The number of alkyl halides is 5. The van der Waals surface area contributed by atoms with Gasteiger partial charge in [-0.05, 0) is 17.7 Å². The zero-order chi connectivity index (χ0) is 14.8. The molecule has 1 atom stereocenters. The molecule has 1 aromatic carbocycles. The van der Waals surface area contributed by atoms with Crippen LogP contribution in [0.2, 0.25) is 0 Å². The molecule has 0 aliphatic carbocycles. The first-order valence-corrected chi connectivity index (χ1v) is 5.07. The standard InChI is InChI=1S/C11H12F5NO2.ClH/c1-18-7-4-3-6(5-8(7)19-2)9(17)10(12,13)11(14,15)16;/h3-5,9H,17H2,1-2H3;1H/t9-;/m1./s1. The predicted molar refractivity (Wildman–Crippen MR) is 64.7 cm³/mol. The van der Waals surface area contributed by atoms with Gasteiger partial charge in [0.15, 0.2) is 11.5 Å². The SMILES string of the molecule is COc1ccc([C@@H](N)C(F)(F)C(F)(F)F)cc1OC.Cl. The smallest absolute Gasteiger partial charge is 0.455 e. The lowest BCUT2D eigenvalue weighted by Crippen LogP contribution is -2.45. The Balaban J connectivity index is 0.00000361. The predicted octanol–water partition coefficient (Wildman–Crippen LogP) is 3.32. The van der Waals surface area contributed by atoms with Crippen LogP contribution < -0.4 is 15.2 Å². The molecule has 0 spiro atoms. The highest BCUT2D eigenvalue weighted by molar-refractivity contribution is 5.85. The molecule has 116 valence electrons. The number of methoxy groups -OCH3 is 2. The Labute approximate surface area is 118 Å². The van der Waals surface area contributed by atoms with Crippen LogP contribution in [-0.4, -0.2) is 26.3 Å². The summed E-state index contributed by atoms with van der Waals surface area (Å²) in [6, 6.07) is 0.710. The molecule has 0 amide bonds. The van der Waals surface area contributed by atoms with Crippen LogP contribution in [0.25, 0.3) is 0 Å². The summed E-state index contributed by atoms with van der Waals surface area (Å²) in [6.45, 7) is 0. The van der Waals surface area contributed by atoms with Gasteiger partial charge in [0, 0.05) is 0 Å². The van der Waals surface area contributed by atoms with E-state index in [1.807, 2.05) is 0 Å². The first-order chi connectivity index (χ1) is 8.65. The highest BCUT2D eigenvalue weighted by Gasteiger charge is 2.61. The van der Waals surface area contributed by atoms with Gasteiger partial charge in [-0.3, -0.25) is 0 Å². The number of hydrogen-bond acceptors (Lipinski definition) is 3. The molecule has 1 rings (SSSR count). The first kappa shape index (κ1) is 18.7. The summed E-state index contributed by atoms with van der Waals surface area (Å²) in [5.74, 6) is -4.81. The van der Waals surface area contributed by atoms with Crippen LogP contribution >= 0.6 is 12.4 Å². The Morgan fingerprint density at radius 3 is 1.90 bits per heavy atom. The van der Waals surface area contributed by atoms with Gasteiger partial charge in [-0.2, -0.15) is 22.0 Å². The molecule has 0 aliphatic heterocycles. The third kappa shape index (κ3) is 3.43. The molecule has 3 nitrogen and oxygen atoms in total. The maximum Gasteiger partial charge on any atom is 0.455 e. The lowest BCUT2D eigenvalue weighted by atomic mass is 10.0. The van der Waals surface area contributed by atoms with Crippen molar-refractivity contribution in [3.63, 3.8) is 0 Å². The molecular formula is C11H13ClF5NO2. The van der Waals surface area contributed by atoms with Gasteiger partial charge in [0.25, 0.3) is 0 Å². The number of rotatable bonds is 4. The van der Waals surface area contributed by atoms with Crippen molar-refractivity contribution < 1.29 is 31.4 Å². The van der Waals surface area contributed by atoms with Gasteiger partial charge in [0.05, 0.1) is 14.2 Å². The van der Waals surface area contributed by atoms with Crippen molar-refractivity contribution >= 4 is 12.4 Å². The molecule has 0 heterocycles. The number of halogens is 6. The Morgan fingerprint density at radius 2 is 1.50 bits per heavy atom. The molecule has 0 bridgehead atoms. The van der Waals surface area contributed by atoms with Crippen LogP contribution in [0, 0.1) is 0 Å². The molecule has 0 unspecified atom stereocenters. The van der Waals surface area contributed by atoms with Crippen LogP contribution in [0.4, 0.5) is 22.0 Å². The van der Waals surface area contributed by atoms with Crippen molar-refractivity contribution in [2.75, 3.05) is 14.2 Å². The lowest BCUT2D eigenvalue weighted by molar-refractivity contribution is -0.291. The molecule has 1 aromatic rings. The summed E-state index contributed by atoms with van der Waals surface area (Å²) in [6.07, 6.45) is -5.72. The minimum Gasteiger partial charge on any atom is -0.493 e. The van der Waals surface area contributed by atoms with Gasteiger partial charge in [-0.25, -0.2) is 0 Å². The van der Waals surface area contributed by atoms with Crippen molar-refractivity contribution in [3.05, 3.63) is 23.8 Å². The molecule has 9 heteroatoms. The van der Waals surface area contributed by atoms with Crippen LogP contribution in [0.5, 0.6) is 11.5 Å². The molecule has 0 aromatic heterocycles. The Bertz CT molecular complexity index is 453. The average molecular weight is 322 g/mol. The van der Waals surface area contributed by atoms with Gasteiger partial charge in [-0.1, -0.05) is 6.07 Å². The number of nitrogens with two attached hydrogens (primary N) is 1. The minimum absolute atomic E-state index is 0. The highest BCUT2D eigenvalue weighted by atomic mass is 35.5. The summed E-state index contributed by atoms with van der Waals surface area (Å²) >= 11 is 0. The van der Waals surface area contributed by atoms with E-state index in [1.54, 1.807) is 0 Å². The average Bonchev–Trinajstić information content (AvgIpc) is 2.35. The topological polar surface area (TPSA) is 44.5 Å². The van der Waals surface area contributed by atoms with E-state index in [0.717, 1.165) is 12.1 Å². The highest BCUT2D eigenvalue weighted by Crippen LogP contribution is 2.44. The second kappa shape index (κ2) is 6.45. The zero-order valence-corrected chi connectivity index (χ0v) is 11.3. The number of benzene rings is 1. The van der Waals surface area contributed by atoms with E-state index < -0.39 is 23.7 Å². The Hall–Kier alpha value is -1.28. The minimum atomic E-state index is -5.72. The molecule has 0 fully saturated rings. The van der Waals surface area contributed by atoms with Crippen LogP contribution in [0.3, 0.4) is 0 Å². The van der Waals surface area contributed by atoms with E-state index in [9.17, 15) is 22.0 Å². The molecule has 20 heavy (non-hydrogen) atoms. The van der Waals surface area contributed by atoms with E-state index in [4.69, 9.17) is 15.2 Å². The van der Waals surface area contributed by atoms with Gasteiger partial charge in [0.1, 0.15) is 6.04 Å². The first-order valence-electron chi connectivity index (χ1n) is 5.07. The van der Waals surface area contributed by atoms with Crippen LogP contribution in [-0.2, 0) is 0 Å². The number of ether oxygens (including phenoxy) is 2. The molecule has 0 saturated carbocycles. The fourth-order valence-electron chi connectivity index (χ4n) is 1.43. The van der Waals surface area contributed by atoms with E-state index in [-0.39, 0.29) is 23.9 Å². The monoisotopic (exact) mass is 321 g/mol. The van der Waals surface area contributed by atoms with Gasteiger partial charge >= 0.3 is 12.1 Å². The third-order valence-electron chi connectivity index (χ3n) is 2.54. The summed E-state index contributed by atoms with van der Waals surface area (Å²) in [5, 5.41) is 0. The Kier molecular flexibility index (Phi) is 6.03. The van der Waals surface area contributed by atoms with Crippen molar-refractivity contribution in [2.45, 2.75) is 18.1 Å². The third-order valence-corrected chi connectivity index (χ3v) is 2.54. The van der Waals surface area contributed by atoms with Crippen molar-refractivity contribution in [1.82, 2.24) is 0 Å². The van der Waals surface area contributed by atoms with Gasteiger partial charge in [-0.15, -0.1) is 12.4 Å². The van der Waals surface area contributed by atoms with Crippen LogP contribution in [0.15, 0.2) is 18.2 Å². The maximum absolute atomic E-state index is 13.1.